The predicted molar refractivity (Wildman–Crippen MR) is 54.2 cm³/mol. The molecule has 0 aliphatic carbocycles. The lowest BCUT2D eigenvalue weighted by Crippen LogP contribution is -2.26. The second kappa shape index (κ2) is 4.41. The third-order valence-corrected chi connectivity index (χ3v) is 3.12. The van der Waals surface area contributed by atoms with Crippen molar-refractivity contribution in [2.45, 2.75) is 18.9 Å². The smallest absolute Gasteiger partial charge is 0.309 e. The SMILES string of the molecule is CC(C)(CSc1ccncn1)C(=O)O. The highest BCUT2D eigenvalue weighted by Gasteiger charge is 2.27. The Hall–Kier alpha value is -1.10. The number of carboxylic acids is 1. The summed E-state index contributed by atoms with van der Waals surface area (Å²) in [5.41, 5.74) is -0.727. The average molecular weight is 212 g/mol. The van der Waals surface area contributed by atoms with E-state index in [0.717, 1.165) is 5.03 Å². The van der Waals surface area contributed by atoms with Gasteiger partial charge in [-0.3, -0.25) is 4.79 Å². The maximum Gasteiger partial charge on any atom is 0.309 e. The quantitative estimate of drug-likeness (QED) is 0.607. The monoisotopic (exact) mass is 212 g/mol. The third kappa shape index (κ3) is 2.99. The van der Waals surface area contributed by atoms with Gasteiger partial charge in [-0.05, 0) is 19.9 Å². The Kier molecular flexibility index (Phi) is 3.46. The molecule has 0 aromatic carbocycles. The normalized spacial score (nSPS) is 11.3. The summed E-state index contributed by atoms with van der Waals surface area (Å²) >= 11 is 1.42. The molecular formula is C9H12N2O2S. The van der Waals surface area contributed by atoms with Crippen molar-refractivity contribution in [3.8, 4) is 0 Å². The molecule has 0 aliphatic heterocycles. The van der Waals surface area contributed by atoms with Gasteiger partial charge in [0, 0.05) is 11.9 Å². The standard InChI is InChI=1S/C9H12N2O2S/c1-9(2,8(12)13)5-14-7-3-4-10-6-11-7/h3-4,6H,5H2,1-2H3,(H,12,13). The van der Waals surface area contributed by atoms with E-state index in [4.69, 9.17) is 5.11 Å². The second-order valence-electron chi connectivity index (χ2n) is 3.53. The van der Waals surface area contributed by atoms with Crippen LogP contribution in [-0.2, 0) is 4.79 Å². The van der Waals surface area contributed by atoms with Crippen LogP contribution in [0.15, 0.2) is 23.6 Å². The molecule has 14 heavy (non-hydrogen) atoms. The molecule has 1 heterocycles. The number of hydrogen-bond donors (Lipinski definition) is 1. The average Bonchev–Trinajstić information content (AvgIpc) is 2.16. The van der Waals surface area contributed by atoms with Gasteiger partial charge in [0.05, 0.1) is 10.4 Å². The fourth-order valence-corrected chi connectivity index (χ4v) is 1.59. The zero-order valence-electron chi connectivity index (χ0n) is 8.10. The van der Waals surface area contributed by atoms with E-state index >= 15 is 0 Å². The number of hydrogen-bond acceptors (Lipinski definition) is 4. The summed E-state index contributed by atoms with van der Waals surface area (Å²) in [6.45, 7) is 3.40. The van der Waals surface area contributed by atoms with Gasteiger partial charge in [0.25, 0.3) is 0 Å². The van der Waals surface area contributed by atoms with Crippen molar-refractivity contribution in [1.29, 1.82) is 0 Å². The Morgan fingerprint density at radius 2 is 2.36 bits per heavy atom. The first-order valence-electron chi connectivity index (χ1n) is 4.14. The van der Waals surface area contributed by atoms with E-state index in [0.29, 0.717) is 5.75 Å². The predicted octanol–water partition coefficient (Wildman–Crippen LogP) is 1.68. The highest BCUT2D eigenvalue weighted by molar-refractivity contribution is 7.99. The molecule has 0 atom stereocenters. The third-order valence-electron chi connectivity index (χ3n) is 1.71. The largest absolute Gasteiger partial charge is 0.481 e. The fraction of sp³-hybridized carbons (Fsp3) is 0.444. The van der Waals surface area contributed by atoms with Gasteiger partial charge in [0.1, 0.15) is 6.33 Å². The molecule has 0 radical (unpaired) electrons. The van der Waals surface area contributed by atoms with Crippen LogP contribution in [-0.4, -0.2) is 26.8 Å². The van der Waals surface area contributed by atoms with Crippen LogP contribution in [0.3, 0.4) is 0 Å². The first kappa shape index (κ1) is 11.0. The van der Waals surface area contributed by atoms with E-state index in [2.05, 4.69) is 9.97 Å². The van der Waals surface area contributed by atoms with Crippen molar-refractivity contribution in [3.05, 3.63) is 18.6 Å². The Balaban J connectivity index is 2.53. The first-order chi connectivity index (χ1) is 6.52. The van der Waals surface area contributed by atoms with Gasteiger partial charge in [-0.2, -0.15) is 0 Å². The molecule has 0 saturated carbocycles. The van der Waals surface area contributed by atoms with Crippen LogP contribution >= 0.6 is 11.8 Å². The molecule has 0 saturated heterocycles. The molecule has 1 rings (SSSR count). The molecule has 1 aromatic rings. The maximum atomic E-state index is 10.8. The zero-order chi connectivity index (χ0) is 10.6. The van der Waals surface area contributed by atoms with Crippen molar-refractivity contribution in [1.82, 2.24) is 9.97 Å². The second-order valence-corrected chi connectivity index (χ2v) is 4.52. The number of carbonyl (C=O) groups is 1. The summed E-state index contributed by atoms with van der Waals surface area (Å²) in [4.78, 5) is 18.6. The van der Waals surface area contributed by atoms with E-state index in [1.54, 1.807) is 26.1 Å². The maximum absolute atomic E-state index is 10.8. The number of nitrogens with zero attached hydrogens (tertiary/aromatic N) is 2. The van der Waals surface area contributed by atoms with Crippen molar-refractivity contribution in [3.63, 3.8) is 0 Å². The summed E-state index contributed by atoms with van der Waals surface area (Å²) < 4.78 is 0. The minimum Gasteiger partial charge on any atom is -0.481 e. The highest BCUT2D eigenvalue weighted by Crippen LogP contribution is 2.25. The van der Waals surface area contributed by atoms with Gasteiger partial charge in [-0.1, -0.05) is 0 Å². The van der Waals surface area contributed by atoms with Crippen molar-refractivity contribution in [2.75, 3.05) is 5.75 Å². The molecule has 0 spiro atoms. The molecule has 0 fully saturated rings. The van der Waals surface area contributed by atoms with Crippen molar-refractivity contribution < 1.29 is 9.90 Å². The minimum atomic E-state index is -0.793. The van der Waals surface area contributed by atoms with Gasteiger partial charge < -0.3 is 5.11 Å². The Morgan fingerprint density at radius 1 is 1.64 bits per heavy atom. The first-order valence-corrected chi connectivity index (χ1v) is 5.13. The van der Waals surface area contributed by atoms with E-state index < -0.39 is 11.4 Å². The van der Waals surface area contributed by atoms with Crippen molar-refractivity contribution in [2.24, 2.45) is 5.41 Å². The summed E-state index contributed by atoms with van der Waals surface area (Å²) in [6.07, 6.45) is 3.10. The minimum absolute atomic E-state index is 0.499. The van der Waals surface area contributed by atoms with E-state index in [1.807, 2.05) is 0 Å². The summed E-state index contributed by atoms with van der Waals surface area (Å²) in [5, 5.41) is 9.67. The topological polar surface area (TPSA) is 63.1 Å². The van der Waals surface area contributed by atoms with E-state index in [1.165, 1.54) is 18.1 Å². The van der Waals surface area contributed by atoms with Crippen LogP contribution in [0.1, 0.15) is 13.8 Å². The van der Waals surface area contributed by atoms with Crippen LogP contribution < -0.4 is 0 Å². The Morgan fingerprint density at radius 3 is 2.86 bits per heavy atom. The van der Waals surface area contributed by atoms with Gasteiger partial charge in [0.15, 0.2) is 0 Å². The molecule has 4 nitrogen and oxygen atoms in total. The summed E-state index contributed by atoms with van der Waals surface area (Å²) in [7, 11) is 0. The molecule has 0 bridgehead atoms. The number of rotatable bonds is 4. The lowest BCUT2D eigenvalue weighted by Gasteiger charge is -2.17. The number of carboxylic acid groups (broad SMARTS) is 1. The molecule has 0 aliphatic rings. The summed E-state index contributed by atoms with van der Waals surface area (Å²) in [6, 6.07) is 1.77. The lowest BCUT2D eigenvalue weighted by atomic mass is 9.97. The van der Waals surface area contributed by atoms with Crippen LogP contribution in [0.5, 0.6) is 0 Å². The Labute approximate surface area is 86.8 Å². The van der Waals surface area contributed by atoms with Crippen molar-refractivity contribution >= 4 is 17.7 Å². The van der Waals surface area contributed by atoms with Crippen LogP contribution in [0, 0.1) is 5.41 Å². The van der Waals surface area contributed by atoms with Crippen LogP contribution in [0.2, 0.25) is 0 Å². The molecule has 1 N–H and O–H groups in total. The van der Waals surface area contributed by atoms with Crippen LogP contribution in [0.4, 0.5) is 0 Å². The molecule has 76 valence electrons. The van der Waals surface area contributed by atoms with Crippen LogP contribution in [0.25, 0.3) is 0 Å². The number of thioether (sulfide) groups is 1. The summed E-state index contributed by atoms with van der Waals surface area (Å²) in [5.74, 6) is -0.293. The number of aromatic nitrogens is 2. The Bertz CT molecular complexity index is 314. The van der Waals surface area contributed by atoms with Gasteiger partial charge in [0.2, 0.25) is 0 Å². The van der Waals surface area contributed by atoms with Gasteiger partial charge >= 0.3 is 5.97 Å². The lowest BCUT2D eigenvalue weighted by molar-refractivity contribution is -0.145. The van der Waals surface area contributed by atoms with Gasteiger partial charge in [-0.15, -0.1) is 11.8 Å². The van der Waals surface area contributed by atoms with E-state index in [9.17, 15) is 4.79 Å². The molecule has 5 heteroatoms. The molecular weight excluding hydrogens is 200 g/mol. The number of aliphatic carboxylic acids is 1. The van der Waals surface area contributed by atoms with Gasteiger partial charge in [-0.25, -0.2) is 9.97 Å². The zero-order valence-corrected chi connectivity index (χ0v) is 8.91. The highest BCUT2D eigenvalue weighted by atomic mass is 32.2. The molecule has 0 amide bonds. The fourth-order valence-electron chi connectivity index (χ4n) is 0.680. The van der Waals surface area contributed by atoms with E-state index in [-0.39, 0.29) is 0 Å². The molecule has 0 unspecified atom stereocenters. The molecule has 1 aromatic heterocycles.